The van der Waals surface area contributed by atoms with Gasteiger partial charge in [0.05, 0.1) is 62.7 Å². The normalized spacial score (nSPS) is 19.0. The number of carbonyl (C=O) groups excluding carboxylic acids is 1. The third kappa shape index (κ3) is 12.6. The lowest BCUT2D eigenvalue weighted by Crippen LogP contribution is -2.53. The van der Waals surface area contributed by atoms with E-state index in [9.17, 15) is 22.9 Å². The van der Waals surface area contributed by atoms with Gasteiger partial charge in [0.15, 0.2) is 6.29 Å². The van der Waals surface area contributed by atoms with E-state index in [-0.39, 0.29) is 62.3 Å². The molecular formula is C43H54N3O11PS. The number of amides is 1. The van der Waals surface area contributed by atoms with Crippen molar-refractivity contribution in [3.63, 3.8) is 0 Å². The van der Waals surface area contributed by atoms with E-state index in [0.717, 1.165) is 11.1 Å². The number of benzene rings is 4. The van der Waals surface area contributed by atoms with Crippen LogP contribution in [0.3, 0.4) is 0 Å². The number of anilines is 1. The van der Waals surface area contributed by atoms with Crippen molar-refractivity contribution in [2.45, 2.75) is 69.1 Å². The molecule has 2 aliphatic heterocycles. The fourth-order valence-electron chi connectivity index (χ4n) is 6.87. The number of fused-ring (bicyclic) bond motifs is 1. The summed E-state index contributed by atoms with van der Waals surface area (Å²) in [4.78, 5) is 13.4. The Morgan fingerprint density at radius 2 is 1.49 bits per heavy atom. The molecule has 14 nitrogen and oxygen atoms in total. The maximum absolute atomic E-state index is 14.1. The number of aliphatic hydroxyl groups excluding tert-OH is 1. The molecule has 0 bridgehead atoms. The molecule has 2 heterocycles. The predicted molar refractivity (Wildman–Crippen MR) is 222 cm³/mol. The molecule has 0 spiro atoms. The van der Waals surface area contributed by atoms with Crippen LogP contribution in [0.4, 0.5) is 10.5 Å². The summed E-state index contributed by atoms with van der Waals surface area (Å²) < 4.78 is 77.3. The monoisotopic (exact) mass is 851 g/mol. The second-order valence-corrected chi connectivity index (χ2v) is 19.0. The van der Waals surface area contributed by atoms with Crippen molar-refractivity contribution in [3.05, 3.63) is 126 Å². The van der Waals surface area contributed by atoms with Gasteiger partial charge in [-0.25, -0.2) is 13.2 Å². The molecule has 4 aromatic carbocycles. The van der Waals surface area contributed by atoms with Crippen molar-refractivity contribution in [1.82, 2.24) is 9.62 Å². The van der Waals surface area contributed by atoms with Gasteiger partial charge in [-0.1, -0.05) is 86.6 Å². The fourth-order valence-corrected chi connectivity index (χ4v) is 10.1. The fraction of sp³-hybridized carbons (Fsp3) is 0.419. The topological polar surface area (TPSA) is 171 Å². The molecule has 4 aromatic rings. The van der Waals surface area contributed by atoms with Crippen molar-refractivity contribution in [2.24, 2.45) is 11.8 Å². The minimum atomic E-state index is -4.05. The van der Waals surface area contributed by atoms with E-state index < -0.39 is 48.3 Å². The molecule has 16 heteroatoms. The summed E-state index contributed by atoms with van der Waals surface area (Å²) >= 11 is 0. The molecule has 59 heavy (non-hydrogen) atoms. The Labute approximate surface area is 346 Å². The molecule has 5 atom stereocenters. The number of rotatable bonds is 21. The molecule has 6 rings (SSSR count). The van der Waals surface area contributed by atoms with Gasteiger partial charge in [-0.2, -0.15) is 4.31 Å². The van der Waals surface area contributed by atoms with Gasteiger partial charge in [0.25, 0.3) is 0 Å². The first-order chi connectivity index (χ1) is 28.4. The molecule has 0 saturated carbocycles. The SMILES string of the molecule is COc1ccc(S(=O)(=O)N(CC(C)C)C[C@@H](O)[C@H](CNc2ccc(CP(=O)(OCc3ccccc3)OCc3ccccc3)cc2)NC(=O)O[C@H]2CO[C@H]3OCC[C@H]32)cc1. The Morgan fingerprint density at radius 1 is 0.864 bits per heavy atom. The molecule has 0 aromatic heterocycles. The second-order valence-electron chi connectivity index (χ2n) is 15.0. The van der Waals surface area contributed by atoms with Gasteiger partial charge < -0.3 is 43.7 Å². The van der Waals surface area contributed by atoms with Gasteiger partial charge in [-0.05, 0) is 65.4 Å². The van der Waals surface area contributed by atoms with E-state index in [1.807, 2.05) is 74.5 Å². The Morgan fingerprint density at radius 3 is 2.08 bits per heavy atom. The number of methoxy groups -OCH3 is 1. The average Bonchev–Trinajstić information content (AvgIpc) is 3.87. The summed E-state index contributed by atoms with van der Waals surface area (Å²) in [5.41, 5.74) is 3.07. The van der Waals surface area contributed by atoms with Crippen LogP contribution >= 0.6 is 7.60 Å². The van der Waals surface area contributed by atoms with Gasteiger partial charge >= 0.3 is 13.7 Å². The molecule has 0 radical (unpaired) electrons. The van der Waals surface area contributed by atoms with E-state index in [4.69, 9.17) is 28.0 Å². The lowest BCUT2D eigenvalue weighted by molar-refractivity contribution is -0.0907. The van der Waals surface area contributed by atoms with Crippen LogP contribution in [0.1, 0.15) is 37.0 Å². The average molecular weight is 852 g/mol. The molecular weight excluding hydrogens is 798 g/mol. The molecule has 1 amide bonds. The summed E-state index contributed by atoms with van der Waals surface area (Å²) in [6.45, 7) is 4.50. The molecule has 2 fully saturated rings. The van der Waals surface area contributed by atoms with Crippen LogP contribution in [0.25, 0.3) is 0 Å². The van der Waals surface area contributed by atoms with E-state index in [0.29, 0.717) is 30.0 Å². The maximum Gasteiger partial charge on any atom is 0.407 e. The largest absolute Gasteiger partial charge is 0.497 e. The lowest BCUT2D eigenvalue weighted by atomic mass is 10.0. The highest BCUT2D eigenvalue weighted by Crippen LogP contribution is 2.53. The van der Waals surface area contributed by atoms with Crippen LogP contribution in [-0.4, -0.2) is 88.4 Å². The highest BCUT2D eigenvalue weighted by atomic mass is 32.2. The minimum absolute atomic E-state index is 0.00289. The van der Waals surface area contributed by atoms with Crippen molar-refractivity contribution in [2.75, 3.05) is 45.3 Å². The summed E-state index contributed by atoms with van der Waals surface area (Å²) in [5.74, 6) is 0.334. The first-order valence-corrected chi connectivity index (χ1v) is 22.9. The quantitative estimate of drug-likeness (QED) is 0.0751. The minimum Gasteiger partial charge on any atom is -0.497 e. The molecule has 3 N–H and O–H groups in total. The smallest absolute Gasteiger partial charge is 0.407 e. The van der Waals surface area contributed by atoms with Crippen molar-refractivity contribution in [3.8, 4) is 5.75 Å². The molecule has 2 aliphatic rings. The molecule has 318 valence electrons. The summed E-state index contributed by atoms with van der Waals surface area (Å²) in [6, 6.07) is 31.1. The highest BCUT2D eigenvalue weighted by molar-refractivity contribution is 7.89. The van der Waals surface area contributed by atoms with E-state index in [1.54, 1.807) is 36.4 Å². The van der Waals surface area contributed by atoms with E-state index in [2.05, 4.69) is 10.6 Å². The number of ether oxygens (including phenoxy) is 4. The van der Waals surface area contributed by atoms with Gasteiger partial charge in [0.2, 0.25) is 10.0 Å². The van der Waals surface area contributed by atoms with Crippen molar-refractivity contribution >= 4 is 29.4 Å². The van der Waals surface area contributed by atoms with Gasteiger partial charge in [-0.3, -0.25) is 4.57 Å². The van der Waals surface area contributed by atoms with Crippen LogP contribution in [0.15, 0.2) is 114 Å². The van der Waals surface area contributed by atoms with Gasteiger partial charge in [-0.15, -0.1) is 0 Å². The number of sulfonamides is 1. The number of nitrogens with zero attached hydrogens (tertiary/aromatic N) is 1. The zero-order valence-corrected chi connectivity index (χ0v) is 35.3. The summed E-state index contributed by atoms with van der Waals surface area (Å²) in [7, 11) is -6.18. The Balaban J connectivity index is 1.15. The van der Waals surface area contributed by atoms with Crippen LogP contribution in [-0.2, 0) is 57.2 Å². The standard InChI is InChI=1S/C43H54N3O11PS/c1-31(2)25-46(59(50,51)37-20-18-36(52-3)19-21-37)26-40(47)39(45-43(48)57-41-29-54-42-38(41)22-23-53-42)24-44-35-16-14-34(15-17-35)30-58(49,55-27-32-10-6-4-7-11-32)56-28-33-12-8-5-9-13-33/h4-21,31,38-42,44,47H,22-30H2,1-3H3,(H,45,48)/t38-,39-,40+,41-,42+/m0/s1. The molecule has 0 unspecified atom stereocenters. The zero-order chi connectivity index (χ0) is 41.8. The number of alkyl carbamates (subject to hydrolysis) is 1. The van der Waals surface area contributed by atoms with Crippen molar-refractivity contribution < 1.29 is 50.9 Å². The summed E-state index contributed by atoms with van der Waals surface area (Å²) in [6.07, 6.45) is -2.38. The Bertz CT molecular complexity index is 2030. The lowest BCUT2D eigenvalue weighted by Gasteiger charge is -2.31. The maximum atomic E-state index is 14.1. The van der Waals surface area contributed by atoms with Crippen molar-refractivity contribution in [1.29, 1.82) is 0 Å². The van der Waals surface area contributed by atoms with Crippen LogP contribution < -0.4 is 15.4 Å². The first-order valence-electron chi connectivity index (χ1n) is 19.7. The van der Waals surface area contributed by atoms with E-state index >= 15 is 0 Å². The third-order valence-electron chi connectivity index (χ3n) is 10.1. The number of carbonyl (C=O) groups is 1. The number of nitrogens with one attached hydrogen (secondary N) is 2. The Hall–Kier alpha value is -4.31. The number of aliphatic hydroxyl groups is 1. The highest BCUT2D eigenvalue weighted by Gasteiger charge is 2.44. The number of hydrogen-bond acceptors (Lipinski definition) is 12. The predicted octanol–water partition coefficient (Wildman–Crippen LogP) is 6.80. The molecule has 2 saturated heterocycles. The Kier molecular flexibility index (Phi) is 15.6. The van der Waals surface area contributed by atoms with Crippen LogP contribution in [0.2, 0.25) is 0 Å². The zero-order valence-electron chi connectivity index (χ0n) is 33.6. The second kappa shape index (κ2) is 20.8. The van der Waals surface area contributed by atoms with Crippen LogP contribution in [0.5, 0.6) is 5.75 Å². The summed E-state index contributed by atoms with van der Waals surface area (Å²) in [5, 5.41) is 17.8. The number of hydrogen-bond donors (Lipinski definition) is 3. The van der Waals surface area contributed by atoms with Crippen LogP contribution in [0, 0.1) is 11.8 Å². The van der Waals surface area contributed by atoms with E-state index in [1.165, 1.54) is 23.5 Å². The molecule has 0 aliphatic carbocycles. The third-order valence-corrected chi connectivity index (χ3v) is 13.7. The first kappa shape index (κ1) is 44.2. The van der Waals surface area contributed by atoms with Gasteiger partial charge in [0, 0.05) is 25.3 Å². The van der Waals surface area contributed by atoms with Gasteiger partial charge in [0.1, 0.15) is 11.9 Å².